The van der Waals surface area contributed by atoms with Crippen LogP contribution in [-0.4, -0.2) is 40.6 Å². The number of hydrogen-bond donors (Lipinski definition) is 1. The van der Waals surface area contributed by atoms with E-state index < -0.39 is 18.1 Å². The Bertz CT molecular complexity index is 551. The van der Waals surface area contributed by atoms with Crippen LogP contribution in [-0.2, 0) is 27.3 Å². The van der Waals surface area contributed by atoms with Gasteiger partial charge in [0, 0.05) is 19.6 Å². The van der Waals surface area contributed by atoms with Crippen molar-refractivity contribution in [3.05, 3.63) is 35.4 Å². The van der Waals surface area contributed by atoms with Crippen LogP contribution in [0.5, 0.6) is 0 Å². The number of fused-ring (bicyclic) bond motifs is 1. The summed E-state index contributed by atoms with van der Waals surface area (Å²) in [6, 6.07) is 6.91. The summed E-state index contributed by atoms with van der Waals surface area (Å²) in [4.78, 5) is 25.6. The van der Waals surface area contributed by atoms with Crippen LogP contribution in [0, 0.1) is 0 Å². The second kappa shape index (κ2) is 5.85. The number of carbonyl (C=O) groups excluding carboxylic acids is 1. The molecule has 2 unspecified atom stereocenters. The van der Waals surface area contributed by atoms with E-state index in [0.717, 1.165) is 24.0 Å². The van der Waals surface area contributed by atoms with Gasteiger partial charge in [-0.05, 0) is 30.4 Å². The summed E-state index contributed by atoms with van der Waals surface area (Å²) in [5.74, 6) is -1.13. The van der Waals surface area contributed by atoms with Crippen molar-refractivity contribution in [2.45, 2.75) is 44.4 Å². The van der Waals surface area contributed by atoms with E-state index in [4.69, 9.17) is 4.74 Å². The Morgan fingerprint density at radius 2 is 1.95 bits per heavy atom. The van der Waals surface area contributed by atoms with E-state index in [1.54, 1.807) is 0 Å². The van der Waals surface area contributed by atoms with Crippen molar-refractivity contribution < 1.29 is 19.4 Å². The average Bonchev–Trinajstić information content (AvgIpc) is 2.53. The van der Waals surface area contributed by atoms with E-state index in [2.05, 4.69) is 0 Å². The van der Waals surface area contributed by atoms with Gasteiger partial charge in [-0.15, -0.1) is 0 Å². The van der Waals surface area contributed by atoms with E-state index in [9.17, 15) is 14.7 Å². The lowest BCUT2D eigenvalue weighted by Gasteiger charge is -2.37. The minimum atomic E-state index is -0.950. The Kier molecular flexibility index (Phi) is 3.92. The normalized spacial score (nSPS) is 25.2. The summed E-state index contributed by atoms with van der Waals surface area (Å²) in [6.07, 6.45) is 2.49. The fourth-order valence-corrected chi connectivity index (χ4v) is 3.10. The molecule has 1 saturated heterocycles. The number of benzene rings is 1. The Balaban J connectivity index is 1.85. The van der Waals surface area contributed by atoms with Crippen LogP contribution in [0.1, 0.15) is 30.4 Å². The zero-order valence-corrected chi connectivity index (χ0v) is 11.8. The molecule has 0 saturated carbocycles. The van der Waals surface area contributed by atoms with Crippen molar-refractivity contribution in [1.82, 2.24) is 4.90 Å². The van der Waals surface area contributed by atoms with E-state index in [-0.39, 0.29) is 5.91 Å². The molecule has 2 heterocycles. The average molecular weight is 289 g/mol. The molecule has 1 N–H and O–H groups in total. The number of carbonyl (C=O) groups is 2. The number of amides is 1. The van der Waals surface area contributed by atoms with Crippen LogP contribution in [0.3, 0.4) is 0 Å². The minimum absolute atomic E-state index is 0.184. The highest BCUT2D eigenvalue weighted by atomic mass is 16.5. The van der Waals surface area contributed by atoms with Crippen LogP contribution in [0.25, 0.3) is 0 Å². The first kappa shape index (κ1) is 14.1. The molecule has 0 spiro atoms. The van der Waals surface area contributed by atoms with Crippen molar-refractivity contribution in [2.24, 2.45) is 0 Å². The molecule has 1 aromatic carbocycles. The van der Waals surface area contributed by atoms with Crippen molar-refractivity contribution in [3.8, 4) is 0 Å². The lowest BCUT2D eigenvalue weighted by atomic mass is 9.93. The summed E-state index contributed by atoms with van der Waals surface area (Å²) in [6.45, 7) is 0.935. The van der Waals surface area contributed by atoms with Gasteiger partial charge in [-0.25, -0.2) is 4.79 Å². The van der Waals surface area contributed by atoms with Gasteiger partial charge in [0.15, 0.2) is 0 Å². The Hall–Kier alpha value is -1.88. The lowest BCUT2D eigenvalue weighted by molar-refractivity contribution is -0.159. The SMILES string of the molecule is O=C(O)C1Cc2ccccc2CN1C(=O)C1CCCCO1. The maximum absolute atomic E-state index is 12.6. The van der Waals surface area contributed by atoms with E-state index in [1.165, 1.54) is 4.90 Å². The minimum Gasteiger partial charge on any atom is -0.480 e. The third kappa shape index (κ3) is 2.78. The Labute approximate surface area is 123 Å². The summed E-state index contributed by atoms with van der Waals surface area (Å²) in [5, 5.41) is 9.45. The molecule has 3 rings (SSSR count). The standard InChI is InChI=1S/C16H19NO4/c18-15(14-7-3-4-8-21-14)17-10-12-6-2-1-5-11(12)9-13(17)16(19)20/h1-2,5-6,13-14H,3-4,7-10H2,(H,19,20). The van der Waals surface area contributed by atoms with Crippen molar-refractivity contribution in [2.75, 3.05) is 6.61 Å². The van der Waals surface area contributed by atoms with Gasteiger partial charge >= 0.3 is 5.97 Å². The zero-order valence-electron chi connectivity index (χ0n) is 11.8. The van der Waals surface area contributed by atoms with Gasteiger partial charge in [0.1, 0.15) is 12.1 Å². The molecule has 1 amide bonds. The first-order valence-electron chi connectivity index (χ1n) is 7.38. The molecule has 0 aliphatic carbocycles. The number of nitrogens with zero attached hydrogens (tertiary/aromatic N) is 1. The van der Waals surface area contributed by atoms with E-state index in [0.29, 0.717) is 26.0 Å². The summed E-state index contributed by atoms with van der Waals surface area (Å²) < 4.78 is 5.52. The molecule has 5 nitrogen and oxygen atoms in total. The molecule has 1 fully saturated rings. The number of carboxylic acids is 1. The highest BCUT2D eigenvalue weighted by Gasteiger charge is 2.38. The first-order valence-corrected chi connectivity index (χ1v) is 7.38. The largest absolute Gasteiger partial charge is 0.480 e. The fraction of sp³-hybridized carbons (Fsp3) is 0.500. The van der Waals surface area contributed by atoms with Crippen LogP contribution in [0.4, 0.5) is 0 Å². The second-order valence-corrected chi connectivity index (χ2v) is 5.65. The fourth-order valence-electron chi connectivity index (χ4n) is 3.10. The monoisotopic (exact) mass is 289 g/mol. The van der Waals surface area contributed by atoms with Crippen LogP contribution < -0.4 is 0 Å². The van der Waals surface area contributed by atoms with Gasteiger partial charge in [0.05, 0.1) is 0 Å². The zero-order chi connectivity index (χ0) is 14.8. The molecule has 0 radical (unpaired) electrons. The maximum Gasteiger partial charge on any atom is 0.326 e. The van der Waals surface area contributed by atoms with Gasteiger partial charge in [-0.1, -0.05) is 24.3 Å². The van der Waals surface area contributed by atoms with Crippen LogP contribution >= 0.6 is 0 Å². The molecule has 0 aromatic heterocycles. The van der Waals surface area contributed by atoms with E-state index >= 15 is 0 Å². The van der Waals surface area contributed by atoms with Gasteiger partial charge < -0.3 is 14.7 Å². The third-order valence-electron chi connectivity index (χ3n) is 4.27. The molecule has 21 heavy (non-hydrogen) atoms. The van der Waals surface area contributed by atoms with Crippen molar-refractivity contribution in [3.63, 3.8) is 0 Å². The number of aliphatic carboxylic acids is 1. The first-order chi connectivity index (χ1) is 10.2. The Morgan fingerprint density at radius 3 is 2.62 bits per heavy atom. The molecule has 2 atom stereocenters. The third-order valence-corrected chi connectivity index (χ3v) is 4.27. The summed E-state index contributed by atoms with van der Waals surface area (Å²) in [5.41, 5.74) is 2.04. The predicted octanol–water partition coefficient (Wildman–Crippen LogP) is 1.59. The predicted molar refractivity (Wildman–Crippen MR) is 75.7 cm³/mol. The second-order valence-electron chi connectivity index (χ2n) is 5.65. The molecule has 112 valence electrons. The van der Waals surface area contributed by atoms with Gasteiger partial charge in [0.2, 0.25) is 0 Å². The van der Waals surface area contributed by atoms with Gasteiger partial charge in [-0.3, -0.25) is 4.79 Å². The molecule has 1 aromatic rings. The highest BCUT2D eigenvalue weighted by Crippen LogP contribution is 2.26. The number of rotatable bonds is 2. The molecule has 2 aliphatic rings. The summed E-state index contributed by atoms with van der Waals surface area (Å²) >= 11 is 0. The van der Waals surface area contributed by atoms with Crippen molar-refractivity contribution >= 4 is 11.9 Å². The molecular weight excluding hydrogens is 270 g/mol. The molecule has 2 aliphatic heterocycles. The molecular formula is C16H19NO4. The van der Waals surface area contributed by atoms with Crippen molar-refractivity contribution in [1.29, 1.82) is 0 Å². The molecule has 0 bridgehead atoms. The van der Waals surface area contributed by atoms with Crippen LogP contribution in [0.2, 0.25) is 0 Å². The number of ether oxygens (including phenoxy) is 1. The Morgan fingerprint density at radius 1 is 1.19 bits per heavy atom. The number of carboxylic acid groups (broad SMARTS) is 1. The maximum atomic E-state index is 12.6. The smallest absolute Gasteiger partial charge is 0.326 e. The lowest BCUT2D eigenvalue weighted by Crippen LogP contribution is -2.52. The van der Waals surface area contributed by atoms with Gasteiger partial charge in [-0.2, -0.15) is 0 Å². The van der Waals surface area contributed by atoms with Gasteiger partial charge in [0.25, 0.3) is 5.91 Å². The topological polar surface area (TPSA) is 66.8 Å². The molecule has 5 heteroatoms. The highest BCUT2D eigenvalue weighted by molar-refractivity contribution is 5.87. The number of hydrogen-bond acceptors (Lipinski definition) is 3. The summed E-state index contributed by atoms with van der Waals surface area (Å²) in [7, 11) is 0. The quantitative estimate of drug-likeness (QED) is 0.898. The van der Waals surface area contributed by atoms with E-state index in [1.807, 2.05) is 24.3 Å². The van der Waals surface area contributed by atoms with Crippen LogP contribution in [0.15, 0.2) is 24.3 Å².